The maximum atomic E-state index is 11.2. The molecule has 222 valence electrons. The highest BCUT2D eigenvalue weighted by Crippen LogP contribution is 2.37. The molecule has 1 saturated heterocycles. The number of benzene rings is 3. The Labute approximate surface area is 247 Å². The van der Waals surface area contributed by atoms with Gasteiger partial charge in [-0.2, -0.15) is 0 Å². The van der Waals surface area contributed by atoms with Crippen LogP contribution in [-0.4, -0.2) is 46.0 Å². The van der Waals surface area contributed by atoms with Gasteiger partial charge >= 0.3 is 0 Å². The van der Waals surface area contributed by atoms with E-state index in [0.717, 1.165) is 24.2 Å². The van der Waals surface area contributed by atoms with Gasteiger partial charge in [-0.1, -0.05) is 107 Å². The number of aliphatic hydroxyl groups is 1. The van der Waals surface area contributed by atoms with Crippen LogP contribution in [0.1, 0.15) is 65.7 Å². The Morgan fingerprint density at radius 2 is 1.46 bits per heavy atom. The van der Waals surface area contributed by atoms with Gasteiger partial charge in [-0.05, 0) is 52.7 Å². The SMILES string of the molecule is COc1ccc(C2OCC[C@H]([C@@H](C)CC[C@@H](O)[C@H](C)CO[Si](c3ccccc3)(c3ccccc3)C(C)(C)C)O2)cc1. The molecule has 0 saturated carbocycles. The average molecular weight is 577 g/mol. The molecule has 5 nitrogen and oxygen atoms in total. The fraction of sp³-hybridized carbons (Fsp3) is 0.486. The maximum Gasteiger partial charge on any atom is 0.261 e. The van der Waals surface area contributed by atoms with Gasteiger partial charge in [-0.25, -0.2) is 0 Å². The van der Waals surface area contributed by atoms with Crippen LogP contribution < -0.4 is 15.1 Å². The molecule has 1 unspecified atom stereocenters. The number of methoxy groups -OCH3 is 1. The molecule has 3 aromatic carbocycles. The standard InChI is InChI=1S/C35H48O5Si/c1-26(33-23-24-38-34(40-33)28-18-20-29(37-6)21-19-28)17-22-32(36)27(2)25-39-41(35(3,4)5,30-13-9-7-10-14-30)31-15-11-8-12-16-31/h7-16,18-21,26-27,32-34,36H,17,22-25H2,1-6H3/t26-,27+,32+,33+,34?/m0/s1. The van der Waals surface area contributed by atoms with E-state index in [1.54, 1.807) is 7.11 Å². The summed E-state index contributed by atoms with van der Waals surface area (Å²) >= 11 is 0. The summed E-state index contributed by atoms with van der Waals surface area (Å²) in [5.41, 5.74) is 0.997. The summed E-state index contributed by atoms with van der Waals surface area (Å²) < 4.78 is 24.6. The van der Waals surface area contributed by atoms with E-state index in [9.17, 15) is 5.11 Å². The van der Waals surface area contributed by atoms with Crippen molar-refractivity contribution in [2.24, 2.45) is 11.8 Å². The summed E-state index contributed by atoms with van der Waals surface area (Å²) in [7, 11) is -0.965. The first-order chi connectivity index (χ1) is 19.7. The lowest BCUT2D eigenvalue weighted by Crippen LogP contribution is -2.67. The number of ether oxygens (including phenoxy) is 3. The second-order valence-electron chi connectivity index (χ2n) is 12.5. The van der Waals surface area contributed by atoms with Crippen molar-refractivity contribution < 1.29 is 23.7 Å². The number of hydrogen-bond donors (Lipinski definition) is 1. The van der Waals surface area contributed by atoms with Crippen LogP contribution in [0.3, 0.4) is 0 Å². The van der Waals surface area contributed by atoms with Crippen LogP contribution >= 0.6 is 0 Å². The van der Waals surface area contributed by atoms with Gasteiger partial charge in [-0.15, -0.1) is 0 Å². The van der Waals surface area contributed by atoms with E-state index in [0.29, 0.717) is 25.6 Å². The van der Waals surface area contributed by atoms with Gasteiger partial charge in [-0.3, -0.25) is 0 Å². The highest BCUT2D eigenvalue weighted by atomic mass is 28.4. The van der Waals surface area contributed by atoms with Crippen LogP contribution in [0.2, 0.25) is 5.04 Å². The van der Waals surface area contributed by atoms with E-state index in [1.807, 2.05) is 24.3 Å². The predicted molar refractivity (Wildman–Crippen MR) is 168 cm³/mol. The van der Waals surface area contributed by atoms with Crippen LogP contribution in [-0.2, 0) is 13.9 Å². The lowest BCUT2D eigenvalue weighted by atomic mass is 9.91. The van der Waals surface area contributed by atoms with Gasteiger partial charge in [0.05, 0.1) is 25.9 Å². The van der Waals surface area contributed by atoms with Crippen molar-refractivity contribution in [1.29, 1.82) is 0 Å². The molecule has 0 radical (unpaired) electrons. The maximum absolute atomic E-state index is 11.2. The van der Waals surface area contributed by atoms with Gasteiger partial charge < -0.3 is 23.7 Å². The zero-order valence-corrected chi connectivity index (χ0v) is 26.6. The highest BCUT2D eigenvalue weighted by molar-refractivity contribution is 6.99. The van der Waals surface area contributed by atoms with Crippen LogP contribution in [0.4, 0.5) is 0 Å². The Morgan fingerprint density at radius 1 is 0.878 bits per heavy atom. The van der Waals surface area contributed by atoms with E-state index in [2.05, 4.69) is 95.3 Å². The predicted octanol–water partition coefficient (Wildman–Crippen LogP) is 6.49. The molecule has 0 amide bonds. The molecule has 0 aliphatic carbocycles. The van der Waals surface area contributed by atoms with Gasteiger partial charge in [0, 0.05) is 18.1 Å². The summed E-state index contributed by atoms with van der Waals surface area (Å²) in [5.74, 6) is 1.13. The Balaban J connectivity index is 1.38. The van der Waals surface area contributed by atoms with Crippen LogP contribution in [0.15, 0.2) is 84.9 Å². The monoisotopic (exact) mass is 576 g/mol. The lowest BCUT2D eigenvalue weighted by molar-refractivity contribution is -0.228. The van der Waals surface area contributed by atoms with Crippen molar-refractivity contribution in [3.8, 4) is 5.75 Å². The third kappa shape index (κ3) is 7.48. The van der Waals surface area contributed by atoms with Gasteiger partial charge in [0.15, 0.2) is 6.29 Å². The van der Waals surface area contributed by atoms with Crippen LogP contribution in [0, 0.1) is 11.8 Å². The summed E-state index contributed by atoms with van der Waals surface area (Å²) in [5, 5.41) is 13.7. The molecule has 6 heteroatoms. The molecule has 1 fully saturated rings. The molecular weight excluding hydrogens is 528 g/mol. The molecule has 0 spiro atoms. The Bertz CT molecular complexity index is 1140. The third-order valence-corrected chi connectivity index (χ3v) is 13.6. The Morgan fingerprint density at radius 3 is 2.00 bits per heavy atom. The molecular formula is C35H48O5Si. The van der Waals surface area contributed by atoms with Crippen LogP contribution in [0.25, 0.3) is 0 Å². The third-order valence-electron chi connectivity index (χ3n) is 8.55. The molecule has 0 aromatic heterocycles. The molecule has 5 atom stereocenters. The molecule has 41 heavy (non-hydrogen) atoms. The van der Waals surface area contributed by atoms with Crippen molar-refractivity contribution >= 4 is 18.7 Å². The van der Waals surface area contributed by atoms with Crippen molar-refractivity contribution in [3.63, 3.8) is 0 Å². The van der Waals surface area contributed by atoms with E-state index in [4.69, 9.17) is 18.6 Å². The largest absolute Gasteiger partial charge is 0.497 e. The molecule has 1 aliphatic heterocycles. The first kappa shape index (κ1) is 31.5. The molecule has 4 rings (SSSR count). The van der Waals surface area contributed by atoms with Crippen molar-refractivity contribution in [3.05, 3.63) is 90.5 Å². The number of aliphatic hydroxyl groups excluding tert-OH is 1. The van der Waals surface area contributed by atoms with E-state index >= 15 is 0 Å². The quantitative estimate of drug-likeness (QED) is 0.250. The molecule has 1 N–H and O–H groups in total. The minimum atomic E-state index is -2.63. The number of hydrogen-bond acceptors (Lipinski definition) is 5. The summed E-state index contributed by atoms with van der Waals surface area (Å²) in [6.45, 7) is 12.4. The van der Waals surface area contributed by atoms with Gasteiger partial charge in [0.1, 0.15) is 5.75 Å². The van der Waals surface area contributed by atoms with Crippen molar-refractivity contribution in [2.75, 3.05) is 20.3 Å². The van der Waals surface area contributed by atoms with Gasteiger partial charge in [0.25, 0.3) is 8.32 Å². The minimum Gasteiger partial charge on any atom is -0.497 e. The molecule has 3 aromatic rings. The van der Waals surface area contributed by atoms with Gasteiger partial charge in [0.2, 0.25) is 0 Å². The summed E-state index contributed by atoms with van der Waals surface area (Å²) in [6.07, 6.45) is 1.71. The topological polar surface area (TPSA) is 57.2 Å². The Kier molecular flexibility index (Phi) is 10.8. The average Bonchev–Trinajstić information content (AvgIpc) is 3.00. The highest BCUT2D eigenvalue weighted by Gasteiger charge is 2.50. The smallest absolute Gasteiger partial charge is 0.261 e. The van der Waals surface area contributed by atoms with Crippen molar-refractivity contribution in [2.45, 2.75) is 77.4 Å². The zero-order valence-electron chi connectivity index (χ0n) is 25.6. The Hall–Kier alpha value is -2.48. The fourth-order valence-corrected chi connectivity index (χ4v) is 10.6. The lowest BCUT2D eigenvalue weighted by Gasteiger charge is -2.43. The second kappa shape index (κ2) is 14.1. The summed E-state index contributed by atoms with van der Waals surface area (Å²) in [4.78, 5) is 0. The molecule has 1 aliphatic rings. The van der Waals surface area contributed by atoms with E-state index in [1.165, 1.54) is 10.4 Å². The summed E-state index contributed by atoms with van der Waals surface area (Å²) in [6, 6.07) is 29.2. The zero-order chi connectivity index (χ0) is 29.5. The van der Waals surface area contributed by atoms with E-state index in [-0.39, 0.29) is 23.4 Å². The number of rotatable bonds is 12. The second-order valence-corrected chi connectivity index (χ2v) is 16.8. The van der Waals surface area contributed by atoms with E-state index < -0.39 is 14.4 Å². The molecule has 1 heterocycles. The molecule has 0 bridgehead atoms. The first-order valence-corrected chi connectivity index (χ1v) is 16.9. The van der Waals surface area contributed by atoms with Crippen LogP contribution in [0.5, 0.6) is 5.75 Å². The minimum absolute atomic E-state index is 0.00602. The first-order valence-electron chi connectivity index (χ1n) is 15.0. The fourth-order valence-electron chi connectivity index (χ4n) is 5.94. The van der Waals surface area contributed by atoms with Crippen molar-refractivity contribution in [1.82, 2.24) is 0 Å². The normalized spacial score (nSPS) is 20.3.